The molecular formula is C14H19NO2. The second-order valence-corrected chi connectivity index (χ2v) is 5.28. The summed E-state index contributed by atoms with van der Waals surface area (Å²) in [6.45, 7) is 4.14. The predicted molar refractivity (Wildman–Crippen MR) is 66.0 cm³/mol. The van der Waals surface area contributed by atoms with Gasteiger partial charge in [0.2, 0.25) is 0 Å². The van der Waals surface area contributed by atoms with Crippen molar-refractivity contribution in [1.29, 1.82) is 0 Å². The summed E-state index contributed by atoms with van der Waals surface area (Å²) < 4.78 is 6.24. The summed E-state index contributed by atoms with van der Waals surface area (Å²) in [6, 6.07) is 7.85. The van der Waals surface area contributed by atoms with Crippen LogP contribution in [0.3, 0.4) is 0 Å². The lowest BCUT2D eigenvalue weighted by Crippen LogP contribution is -2.55. The van der Waals surface area contributed by atoms with Gasteiger partial charge in [0.15, 0.2) is 0 Å². The Balaban J connectivity index is 1.97. The van der Waals surface area contributed by atoms with Crippen LogP contribution in [0, 0.1) is 5.92 Å². The Hall–Kier alpha value is -1.06. The van der Waals surface area contributed by atoms with Crippen molar-refractivity contribution in [2.24, 2.45) is 5.92 Å². The van der Waals surface area contributed by atoms with Crippen molar-refractivity contribution in [2.75, 3.05) is 13.1 Å². The van der Waals surface area contributed by atoms with E-state index in [0.29, 0.717) is 12.3 Å². The largest absolute Gasteiger partial charge is 0.486 e. The molecule has 92 valence electrons. The Labute approximate surface area is 102 Å². The van der Waals surface area contributed by atoms with Crippen LogP contribution in [0.15, 0.2) is 24.3 Å². The molecule has 1 saturated heterocycles. The smallest absolute Gasteiger partial charge is 0.125 e. The first kappa shape index (κ1) is 11.1. The van der Waals surface area contributed by atoms with Crippen LogP contribution in [0.2, 0.25) is 0 Å². The molecule has 0 saturated carbocycles. The van der Waals surface area contributed by atoms with Crippen molar-refractivity contribution in [2.45, 2.75) is 31.5 Å². The highest BCUT2D eigenvalue weighted by molar-refractivity contribution is 5.38. The fourth-order valence-electron chi connectivity index (χ4n) is 3.05. The monoisotopic (exact) mass is 233 g/mol. The van der Waals surface area contributed by atoms with Gasteiger partial charge in [0.1, 0.15) is 11.4 Å². The van der Waals surface area contributed by atoms with Gasteiger partial charge in [-0.3, -0.25) is 0 Å². The van der Waals surface area contributed by atoms with Crippen molar-refractivity contribution < 1.29 is 9.84 Å². The molecule has 2 N–H and O–H groups in total. The molecule has 3 nitrogen and oxygen atoms in total. The van der Waals surface area contributed by atoms with Gasteiger partial charge in [0.25, 0.3) is 0 Å². The van der Waals surface area contributed by atoms with Crippen LogP contribution < -0.4 is 10.1 Å². The third kappa shape index (κ3) is 1.74. The Bertz CT molecular complexity index is 420. The molecule has 0 aliphatic carbocycles. The van der Waals surface area contributed by atoms with Crippen LogP contribution in [0.5, 0.6) is 5.75 Å². The van der Waals surface area contributed by atoms with Crippen LogP contribution >= 0.6 is 0 Å². The number of hydrogen-bond acceptors (Lipinski definition) is 3. The third-order valence-electron chi connectivity index (χ3n) is 4.20. The number of fused-ring (bicyclic) bond motifs is 1. The minimum absolute atomic E-state index is 0.182. The Morgan fingerprint density at radius 3 is 3.06 bits per heavy atom. The van der Waals surface area contributed by atoms with E-state index in [-0.39, 0.29) is 11.7 Å². The summed E-state index contributed by atoms with van der Waals surface area (Å²) in [6.07, 6.45) is 1.30. The zero-order valence-corrected chi connectivity index (χ0v) is 10.1. The standard InChI is InChI=1S/C14H19NO2/c1-10-9-15-7-6-14(10)8-12(16)11-4-2-3-5-13(11)17-14/h2-5,10,12,15-16H,6-9H2,1H3/t10?,12-,14?/m1/s1. The molecule has 0 aromatic heterocycles. The first-order valence-corrected chi connectivity index (χ1v) is 6.38. The number of benzene rings is 1. The van der Waals surface area contributed by atoms with Crippen LogP contribution in [0.4, 0.5) is 0 Å². The number of piperidine rings is 1. The summed E-state index contributed by atoms with van der Waals surface area (Å²) >= 11 is 0. The van der Waals surface area contributed by atoms with E-state index >= 15 is 0 Å². The van der Waals surface area contributed by atoms with E-state index < -0.39 is 0 Å². The van der Waals surface area contributed by atoms with Gasteiger partial charge in [-0.25, -0.2) is 0 Å². The van der Waals surface area contributed by atoms with Crippen molar-refractivity contribution in [3.8, 4) is 5.75 Å². The molecule has 0 amide bonds. The van der Waals surface area contributed by atoms with Crippen LogP contribution in [-0.4, -0.2) is 23.8 Å². The Kier molecular flexibility index (Phi) is 2.60. The lowest BCUT2D eigenvalue weighted by Gasteiger charge is -2.47. The number of nitrogens with one attached hydrogen (secondary N) is 1. The highest BCUT2D eigenvalue weighted by atomic mass is 16.5. The molecule has 2 heterocycles. The van der Waals surface area contributed by atoms with Crippen LogP contribution in [0.1, 0.15) is 31.4 Å². The average Bonchev–Trinajstić information content (AvgIpc) is 2.33. The molecule has 1 spiro atoms. The van der Waals surface area contributed by atoms with Gasteiger partial charge in [0.05, 0.1) is 6.10 Å². The lowest BCUT2D eigenvalue weighted by atomic mass is 9.76. The van der Waals surface area contributed by atoms with Crippen molar-refractivity contribution in [1.82, 2.24) is 5.32 Å². The molecule has 3 heteroatoms. The van der Waals surface area contributed by atoms with E-state index in [4.69, 9.17) is 4.74 Å². The quantitative estimate of drug-likeness (QED) is 0.719. The average molecular weight is 233 g/mol. The summed E-state index contributed by atoms with van der Waals surface area (Å²) in [4.78, 5) is 0. The van der Waals surface area contributed by atoms with Gasteiger partial charge >= 0.3 is 0 Å². The fraction of sp³-hybridized carbons (Fsp3) is 0.571. The first-order valence-electron chi connectivity index (χ1n) is 6.38. The highest BCUT2D eigenvalue weighted by Crippen LogP contribution is 2.45. The normalized spacial score (nSPS) is 36.4. The van der Waals surface area contributed by atoms with E-state index in [2.05, 4.69) is 12.2 Å². The number of ether oxygens (including phenoxy) is 1. The summed E-state index contributed by atoms with van der Waals surface area (Å²) in [5.41, 5.74) is 0.753. The topological polar surface area (TPSA) is 41.5 Å². The molecule has 2 aliphatic heterocycles. The molecule has 1 aromatic rings. The van der Waals surface area contributed by atoms with Gasteiger partial charge in [0, 0.05) is 24.4 Å². The molecule has 0 radical (unpaired) electrons. The zero-order valence-electron chi connectivity index (χ0n) is 10.1. The minimum atomic E-state index is -0.388. The molecule has 1 aromatic carbocycles. The molecule has 2 unspecified atom stereocenters. The number of aliphatic hydroxyl groups excluding tert-OH is 1. The second kappa shape index (κ2) is 4.00. The van der Waals surface area contributed by atoms with Crippen molar-refractivity contribution in [3.05, 3.63) is 29.8 Å². The Morgan fingerprint density at radius 1 is 1.41 bits per heavy atom. The van der Waals surface area contributed by atoms with Crippen LogP contribution in [-0.2, 0) is 0 Å². The summed E-state index contributed by atoms with van der Waals surface area (Å²) in [5.74, 6) is 1.29. The van der Waals surface area contributed by atoms with E-state index in [1.54, 1.807) is 0 Å². The predicted octanol–water partition coefficient (Wildman–Crippen LogP) is 1.87. The molecule has 3 atom stereocenters. The highest BCUT2D eigenvalue weighted by Gasteiger charge is 2.45. The Morgan fingerprint density at radius 2 is 2.24 bits per heavy atom. The van der Waals surface area contributed by atoms with E-state index in [1.807, 2.05) is 24.3 Å². The number of rotatable bonds is 0. The van der Waals surface area contributed by atoms with Gasteiger partial charge in [-0.2, -0.15) is 0 Å². The SMILES string of the molecule is CC1CNCCC12C[C@@H](O)c1ccccc1O2. The van der Waals surface area contributed by atoms with Crippen molar-refractivity contribution >= 4 is 0 Å². The molecule has 2 aliphatic rings. The number of para-hydroxylation sites is 1. The van der Waals surface area contributed by atoms with E-state index in [1.165, 1.54) is 0 Å². The van der Waals surface area contributed by atoms with E-state index in [0.717, 1.165) is 30.8 Å². The second-order valence-electron chi connectivity index (χ2n) is 5.28. The van der Waals surface area contributed by atoms with Gasteiger partial charge < -0.3 is 15.2 Å². The number of aliphatic hydroxyl groups is 1. The maximum absolute atomic E-state index is 10.3. The number of hydrogen-bond donors (Lipinski definition) is 2. The summed E-state index contributed by atoms with van der Waals surface area (Å²) in [5, 5.41) is 13.7. The van der Waals surface area contributed by atoms with Gasteiger partial charge in [-0.05, 0) is 19.0 Å². The van der Waals surface area contributed by atoms with Gasteiger partial charge in [-0.1, -0.05) is 25.1 Å². The lowest BCUT2D eigenvalue weighted by molar-refractivity contribution is -0.0659. The molecular weight excluding hydrogens is 214 g/mol. The molecule has 17 heavy (non-hydrogen) atoms. The first-order chi connectivity index (χ1) is 8.21. The minimum Gasteiger partial charge on any atom is -0.486 e. The van der Waals surface area contributed by atoms with E-state index in [9.17, 15) is 5.11 Å². The fourth-order valence-corrected chi connectivity index (χ4v) is 3.05. The van der Waals surface area contributed by atoms with Gasteiger partial charge in [-0.15, -0.1) is 0 Å². The summed E-state index contributed by atoms with van der Waals surface area (Å²) in [7, 11) is 0. The maximum atomic E-state index is 10.3. The molecule has 3 rings (SSSR count). The van der Waals surface area contributed by atoms with Crippen molar-refractivity contribution in [3.63, 3.8) is 0 Å². The third-order valence-corrected chi connectivity index (χ3v) is 4.20. The van der Waals surface area contributed by atoms with Crippen LogP contribution in [0.25, 0.3) is 0 Å². The molecule has 1 fully saturated rings. The maximum Gasteiger partial charge on any atom is 0.125 e. The molecule has 0 bridgehead atoms. The zero-order chi connectivity index (χ0) is 11.9.